The molecule has 150 valence electrons. The van der Waals surface area contributed by atoms with Crippen molar-refractivity contribution in [2.75, 3.05) is 32.1 Å². The summed E-state index contributed by atoms with van der Waals surface area (Å²) in [6.07, 6.45) is 0.738. The highest BCUT2D eigenvalue weighted by molar-refractivity contribution is 7.22. The predicted molar refractivity (Wildman–Crippen MR) is 118 cm³/mol. The summed E-state index contributed by atoms with van der Waals surface area (Å²) in [6.45, 7) is 1.24. The molecule has 9 heteroatoms. The SMILES string of the molecule is CN(C)CCCN(C(=O)c1ccc(Cl)cc1Cl)c1nc2c(F)cccc2s1.Cl. The molecule has 0 radical (unpaired) electrons. The van der Waals surface area contributed by atoms with Crippen molar-refractivity contribution in [1.82, 2.24) is 9.88 Å². The van der Waals surface area contributed by atoms with Crippen LogP contribution in [0.4, 0.5) is 9.52 Å². The average molecular weight is 463 g/mol. The van der Waals surface area contributed by atoms with Crippen LogP contribution in [-0.4, -0.2) is 43.0 Å². The van der Waals surface area contributed by atoms with E-state index in [-0.39, 0.29) is 28.9 Å². The van der Waals surface area contributed by atoms with E-state index in [1.165, 1.54) is 23.5 Å². The van der Waals surface area contributed by atoms with Gasteiger partial charge in [-0.1, -0.05) is 40.6 Å². The summed E-state index contributed by atoms with van der Waals surface area (Å²) in [5.41, 5.74) is 0.607. The molecule has 0 unspecified atom stereocenters. The number of nitrogens with zero attached hydrogens (tertiary/aromatic N) is 3. The van der Waals surface area contributed by atoms with E-state index in [9.17, 15) is 9.18 Å². The van der Waals surface area contributed by atoms with Crippen LogP contribution in [0, 0.1) is 5.82 Å². The topological polar surface area (TPSA) is 36.4 Å². The molecule has 1 heterocycles. The maximum Gasteiger partial charge on any atom is 0.261 e. The van der Waals surface area contributed by atoms with Crippen molar-refractivity contribution >= 4 is 68.2 Å². The molecule has 0 aliphatic heterocycles. The first-order valence-corrected chi connectivity index (χ1v) is 9.91. The smallest absolute Gasteiger partial charge is 0.261 e. The minimum atomic E-state index is -0.403. The van der Waals surface area contributed by atoms with Gasteiger partial charge in [0, 0.05) is 11.6 Å². The number of amides is 1. The monoisotopic (exact) mass is 461 g/mol. The fraction of sp³-hybridized carbons (Fsp3) is 0.263. The highest BCUT2D eigenvalue weighted by Crippen LogP contribution is 2.32. The van der Waals surface area contributed by atoms with Crippen LogP contribution in [0.2, 0.25) is 10.0 Å². The highest BCUT2D eigenvalue weighted by Gasteiger charge is 2.23. The van der Waals surface area contributed by atoms with Crippen LogP contribution in [0.3, 0.4) is 0 Å². The Hall–Kier alpha value is -1.44. The number of benzene rings is 2. The summed E-state index contributed by atoms with van der Waals surface area (Å²) in [4.78, 5) is 21.1. The van der Waals surface area contributed by atoms with Crippen LogP contribution in [-0.2, 0) is 0 Å². The second kappa shape index (κ2) is 9.85. The molecule has 3 aromatic rings. The Balaban J connectivity index is 0.00000280. The number of carbonyl (C=O) groups excluding carboxylic acids is 1. The molecule has 0 N–H and O–H groups in total. The minimum Gasteiger partial charge on any atom is -0.309 e. The molecule has 28 heavy (non-hydrogen) atoms. The van der Waals surface area contributed by atoms with Gasteiger partial charge >= 0.3 is 0 Å². The van der Waals surface area contributed by atoms with Crippen molar-refractivity contribution < 1.29 is 9.18 Å². The molecule has 0 aliphatic carbocycles. The van der Waals surface area contributed by atoms with Gasteiger partial charge in [-0.25, -0.2) is 9.37 Å². The van der Waals surface area contributed by atoms with Gasteiger partial charge in [-0.15, -0.1) is 12.4 Å². The quantitative estimate of drug-likeness (QED) is 0.467. The molecule has 0 atom stereocenters. The lowest BCUT2D eigenvalue weighted by Crippen LogP contribution is -2.33. The molecule has 0 saturated carbocycles. The first-order chi connectivity index (χ1) is 12.9. The van der Waals surface area contributed by atoms with Crippen LogP contribution in [0.1, 0.15) is 16.8 Å². The van der Waals surface area contributed by atoms with Crippen molar-refractivity contribution in [3.05, 3.63) is 57.8 Å². The Kier molecular flexibility index (Phi) is 8.04. The number of aromatic nitrogens is 1. The average Bonchev–Trinajstić information content (AvgIpc) is 3.03. The Labute approximate surface area is 183 Å². The van der Waals surface area contributed by atoms with Crippen LogP contribution >= 0.6 is 46.9 Å². The summed E-state index contributed by atoms with van der Waals surface area (Å²) in [6, 6.07) is 9.54. The van der Waals surface area contributed by atoms with Gasteiger partial charge in [0.25, 0.3) is 5.91 Å². The molecule has 0 spiro atoms. The van der Waals surface area contributed by atoms with Crippen molar-refractivity contribution in [2.24, 2.45) is 0 Å². The number of para-hydroxylation sites is 1. The van der Waals surface area contributed by atoms with Gasteiger partial charge in [-0.3, -0.25) is 9.69 Å². The number of thiazole rings is 1. The molecule has 2 aromatic carbocycles. The summed E-state index contributed by atoms with van der Waals surface area (Å²) >= 11 is 13.4. The van der Waals surface area contributed by atoms with E-state index in [0.29, 0.717) is 27.0 Å². The molecule has 0 saturated heterocycles. The molecule has 3 rings (SSSR count). The molecular weight excluding hydrogens is 444 g/mol. The molecule has 0 fully saturated rings. The number of halogens is 4. The summed E-state index contributed by atoms with van der Waals surface area (Å²) in [5, 5.41) is 1.18. The van der Waals surface area contributed by atoms with Gasteiger partial charge in [0.05, 0.1) is 15.3 Å². The Morgan fingerprint density at radius 3 is 2.57 bits per heavy atom. The number of anilines is 1. The summed E-state index contributed by atoms with van der Waals surface area (Å²) < 4.78 is 14.7. The second-order valence-electron chi connectivity index (χ2n) is 6.32. The first-order valence-electron chi connectivity index (χ1n) is 8.33. The van der Waals surface area contributed by atoms with Crippen LogP contribution in [0.5, 0.6) is 0 Å². The molecule has 1 amide bonds. The third-order valence-corrected chi connectivity index (χ3v) is 5.57. The second-order valence-corrected chi connectivity index (χ2v) is 8.17. The maximum absolute atomic E-state index is 14.1. The molecule has 0 bridgehead atoms. The fourth-order valence-corrected chi connectivity index (χ4v) is 4.15. The van der Waals surface area contributed by atoms with Gasteiger partial charge < -0.3 is 4.90 Å². The number of fused-ring (bicyclic) bond motifs is 1. The minimum absolute atomic E-state index is 0. The zero-order chi connectivity index (χ0) is 19.6. The summed E-state index contributed by atoms with van der Waals surface area (Å²) in [7, 11) is 3.94. The molecule has 0 aliphatic rings. The largest absolute Gasteiger partial charge is 0.309 e. The van der Waals surface area contributed by atoms with Crippen molar-refractivity contribution in [3.8, 4) is 0 Å². The molecule has 1 aromatic heterocycles. The standard InChI is InChI=1S/C19H18Cl2FN3OS.ClH/c1-24(2)9-4-10-25(18(26)13-8-7-12(20)11-14(13)21)19-23-17-15(22)5-3-6-16(17)27-19;/h3,5-8,11H,4,9-10H2,1-2H3;1H. The van der Waals surface area contributed by atoms with E-state index >= 15 is 0 Å². The van der Waals surface area contributed by atoms with E-state index < -0.39 is 5.82 Å². The third kappa shape index (κ3) is 5.13. The van der Waals surface area contributed by atoms with Gasteiger partial charge in [-0.05, 0) is 57.4 Å². The highest BCUT2D eigenvalue weighted by atomic mass is 35.5. The summed E-state index contributed by atoms with van der Waals surface area (Å²) in [5.74, 6) is -0.685. The van der Waals surface area contributed by atoms with E-state index in [0.717, 1.165) is 13.0 Å². The first kappa shape index (κ1) is 22.8. The number of hydrogen-bond donors (Lipinski definition) is 0. The fourth-order valence-electron chi connectivity index (χ4n) is 2.66. The zero-order valence-electron chi connectivity index (χ0n) is 15.3. The lowest BCUT2D eigenvalue weighted by atomic mass is 10.2. The molecule has 4 nitrogen and oxygen atoms in total. The van der Waals surface area contributed by atoms with Crippen molar-refractivity contribution in [2.45, 2.75) is 6.42 Å². The number of carbonyl (C=O) groups is 1. The van der Waals surface area contributed by atoms with E-state index in [1.807, 2.05) is 19.0 Å². The normalized spacial score (nSPS) is 10.9. The van der Waals surface area contributed by atoms with E-state index in [4.69, 9.17) is 23.2 Å². The van der Waals surface area contributed by atoms with Gasteiger partial charge in [0.2, 0.25) is 0 Å². The number of hydrogen-bond acceptors (Lipinski definition) is 4. The van der Waals surface area contributed by atoms with Gasteiger partial charge in [0.1, 0.15) is 11.3 Å². The lowest BCUT2D eigenvalue weighted by molar-refractivity contribution is 0.0986. The zero-order valence-corrected chi connectivity index (χ0v) is 18.4. The van der Waals surface area contributed by atoms with E-state index in [1.54, 1.807) is 29.2 Å². The lowest BCUT2D eigenvalue weighted by Gasteiger charge is -2.21. The number of rotatable bonds is 6. The van der Waals surface area contributed by atoms with Crippen molar-refractivity contribution in [1.29, 1.82) is 0 Å². The van der Waals surface area contributed by atoms with Crippen LogP contribution in [0.15, 0.2) is 36.4 Å². The van der Waals surface area contributed by atoms with E-state index in [2.05, 4.69) is 4.98 Å². The van der Waals surface area contributed by atoms with Crippen LogP contribution in [0.25, 0.3) is 10.2 Å². The Morgan fingerprint density at radius 2 is 1.93 bits per heavy atom. The molecular formula is C19H19Cl3FN3OS. The van der Waals surface area contributed by atoms with Gasteiger partial charge in [-0.2, -0.15) is 0 Å². The predicted octanol–water partition coefficient (Wildman–Crippen LogP) is 5.76. The van der Waals surface area contributed by atoms with Gasteiger partial charge in [0.15, 0.2) is 5.13 Å². The van der Waals surface area contributed by atoms with Crippen LogP contribution < -0.4 is 4.90 Å². The Bertz CT molecular complexity index is 980. The van der Waals surface area contributed by atoms with Crippen molar-refractivity contribution in [3.63, 3.8) is 0 Å². The maximum atomic E-state index is 14.1. The third-order valence-electron chi connectivity index (χ3n) is 3.98. The Morgan fingerprint density at radius 1 is 1.18 bits per heavy atom.